The summed E-state index contributed by atoms with van der Waals surface area (Å²) in [5.74, 6) is -1.43. The third kappa shape index (κ3) is 3.48. The largest absolute Gasteiger partial charge is 0.507 e. The third-order valence-electron chi connectivity index (χ3n) is 3.56. The lowest BCUT2D eigenvalue weighted by Crippen LogP contribution is -2.54. The van der Waals surface area contributed by atoms with Crippen LogP contribution in [0.2, 0.25) is 10.0 Å². The highest BCUT2D eigenvalue weighted by molar-refractivity contribution is 9.10. The fraction of sp³-hybridized carbons (Fsp3) is 0. The summed E-state index contributed by atoms with van der Waals surface area (Å²) < 4.78 is 0.677. The third-order valence-corrected chi connectivity index (χ3v) is 5.15. The van der Waals surface area contributed by atoms with E-state index in [9.17, 15) is 14.7 Å². The number of hydrogen-bond donors (Lipinski definition) is 2. The van der Waals surface area contributed by atoms with Gasteiger partial charge in [0.2, 0.25) is 0 Å². The number of amides is 2. The zero-order chi connectivity index (χ0) is 19.0. The van der Waals surface area contributed by atoms with Gasteiger partial charge >= 0.3 is 0 Å². The van der Waals surface area contributed by atoms with Crippen molar-refractivity contribution in [3.63, 3.8) is 0 Å². The van der Waals surface area contributed by atoms with E-state index in [-0.39, 0.29) is 32.2 Å². The van der Waals surface area contributed by atoms with Gasteiger partial charge in [-0.25, -0.2) is 0 Å². The Balaban J connectivity index is 2.10. The van der Waals surface area contributed by atoms with E-state index < -0.39 is 11.8 Å². The van der Waals surface area contributed by atoms with Gasteiger partial charge in [-0.1, -0.05) is 45.2 Å². The number of rotatable bonds is 2. The molecule has 9 heteroatoms. The Morgan fingerprint density at radius 1 is 1.19 bits per heavy atom. The molecule has 2 amide bonds. The van der Waals surface area contributed by atoms with Crippen LogP contribution in [0, 0.1) is 0 Å². The molecule has 1 fully saturated rings. The Labute approximate surface area is 172 Å². The maximum absolute atomic E-state index is 12.9. The number of phenolic OH excluding ortho intramolecular Hbond substituents is 1. The SMILES string of the molecule is O=C1NC(=S)N(c2cccc(Cl)c2Cl)C(=O)/C1=C/c1cc(Br)ccc1O. The predicted molar refractivity (Wildman–Crippen MR) is 108 cm³/mol. The van der Waals surface area contributed by atoms with Crippen LogP contribution in [0.1, 0.15) is 5.56 Å². The fourth-order valence-corrected chi connectivity index (χ4v) is 3.37. The molecule has 2 aromatic carbocycles. The molecule has 3 rings (SSSR count). The van der Waals surface area contributed by atoms with Gasteiger partial charge in [-0.3, -0.25) is 19.8 Å². The van der Waals surface area contributed by atoms with Crippen molar-refractivity contribution in [3.8, 4) is 5.75 Å². The van der Waals surface area contributed by atoms with Gasteiger partial charge in [0, 0.05) is 10.0 Å². The van der Waals surface area contributed by atoms with Gasteiger partial charge in [0.15, 0.2) is 5.11 Å². The van der Waals surface area contributed by atoms with Crippen molar-refractivity contribution in [2.75, 3.05) is 4.90 Å². The molecule has 26 heavy (non-hydrogen) atoms. The van der Waals surface area contributed by atoms with Crippen molar-refractivity contribution in [1.82, 2.24) is 5.32 Å². The number of nitrogens with zero attached hydrogens (tertiary/aromatic N) is 1. The lowest BCUT2D eigenvalue weighted by atomic mass is 10.1. The number of benzene rings is 2. The maximum Gasteiger partial charge on any atom is 0.270 e. The van der Waals surface area contributed by atoms with Gasteiger partial charge in [0.1, 0.15) is 11.3 Å². The number of carbonyl (C=O) groups excluding carboxylic acids is 2. The molecule has 0 aromatic heterocycles. The predicted octanol–water partition coefficient (Wildman–Crippen LogP) is 4.29. The van der Waals surface area contributed by atoms with E-state index in [4.69, 9.17) is 35.4 Å². The molecule has 0 atom stereocenters. The molecule has 2 N–H and O–H groups in total. The smallest absolute Gasteiger partial charge is 0.270 e. The van der Waals surface area contributed by atoms with Crippen molar-refractivity contribution >= 4 is 80.0 Å². The molecule has 1 saturated heterocycles. The Bertz CT molecular complexity index is 994. The van der Waals surface area contributed by atoms with Crippen molar-refractivity contribution in [2.45, 2.75) is 0 Å². The molecule has 0 bridgehead atoms. The number of thiocarbonyl (C=S) groups is 1. The highest BCUT2D eigenvalue weighted by Gasteiger charge is 2.35. The summed E-state index contributed by atoms with van der Waals surface area (Å²) in [6.45, 7) is 0. The van der Waals surface area contributed by atoms with Gasteiger partial charge in [-0.2, -0.15) is 0 Å². The fourth-order valence-electron chi connectivity index (χ4n) is 2.34. The van der Waals surface area contributed by atoms with Crippen LogP contribution in [-0.4, -0.2) is 22.0 Å². The Morgan fingerprint density at radius 2 is 1.92 bits per heavy atom. The molecule has 0 unspecified atom stereocenters. The van der Waals surface area contributed by atoms with Crippen LogP contribution in [0.25, 0.3) is 6.08 Å². The number of carbonyl (C=O) groups is 2. The van der Waals surface area contributed by atoms with Crippen LogP contribution in [-0.2, 0) is 9.59 Å². The summed E-state index contributed by atoms with van der Waals surface area (Å²) >= 11 is 20.6. The molecule has 1 aliphatic heterocycles. The second-order valence-electron chi connectivity index (χ2n) is 5.23. The van der Waals surface area contributed by atoms with Crippen LogP contribution < -0.4 is 10.2 Å². The summed E-state index contributed by atoms with van der Waals surface area (Å²) in [4.78, 5) is 26.3. The van der Waals surface area contributed by atoms with Crippen molar-refractivity contribution in [1.29, 1.82) is 0 Å². The molecule has 0 radical (unpaired) electrons. The van der Waals surface area contributed by atoms with Crippen LogP contribution in [0.15, 0.2) is 46.4 Å². The molecule has 5 nitrogen and oxygen atoms in total. The number of hydrogen-bond acceptors (Lipinski definition) is 4. The Kier molecular flexibility index (Phi) is 5.34. The highest BCUT2D eigenvalue weighted by Crippen LogP contribution is 2.34. The van der Waals surface area contributed by atoms with Crippen molar-refractivity contribution < 1.29 is 14.7 Å². The molecule has 0 saturated carbocycles. The van der Waals surface area contributed by atoms with E-state index in [1.165, 1.54) is 12.1 Å². The Hall–Kier alpha value is -1.93. The van der Waals surface area contributed by atoms with Gasteiger partial charge in [-0.15, -0.1) is 0 Å². The van der Waals surface area contributed by atoms with E-state index in [0.29, 0.717) is 10.0 Å². The normalized spacial score (nSPS) is 16.2. The van der Waals surface area contributed by atoms with Gasteiger partial charge in [-0.05, 0) is 48.6 Å². The van der Waals surface area contributed by atoms with Gasteiger partial charge in [0.25, 0.3) is 11.8 Å². The van der Waals surface area contributed by atoms with E-state index >= 15 is 0 Å². The molecular formula is C17H9BrCl2N2O3S. The number of phenols is 1. The lowest BCUT2D eigenvalue weighted by Gasteiger charge is -2.29. The topological polar surface area (TPSA) is 69.6 Å². The zero-order valence-electron chi connectivity index (χ0n) is 12.8. The van der Waals surface area contributed by atoms with Crippen molar-refractivity contribution in [2.24, 2.45) is 0 Å². The molecule has 2 aromatic rings. The average molecular weight is 472 g/mol. The highest BCUT2D eigenvalue weighted by atomic mass is 79.9. The average Bonchev–Trinajstić information content (AvgIpc) is 2.58. The van der Waals surface area contributed by atoms with Crippen LogP contribution in [0.5, 0.6) is 5.75 Å². The first-order valence-corrected chi connectivity index (χ1v) is 9.09. The van der Waals surface area contributed by atoms with Crippen LogP contribution in [0.3, 0.4) is 0 Å². The lowest BCUT2D eigenvalue weighted by molar-refractivity contribution is -0.122. The minimum atomic E-state index is -0.678. The molecule has 1 heterocycles. The zero-order valence-corrected chi connectivity index (χ0v) is 16.7. The number of nitrogens with one attached hydrogen (secondary N) is 1. The molecule has 0 aliphatic carbocycles. The first-order valence-electron chi connectivity index (χ1n) is 7.13. The molecule has 1 aliphatic rings. The Morgan fingerprint density at radius 3 is 2.65 bits per heavy atom. The van der Waals surface area contributed by atoms with Gasteiger partial charge < -0.3 is 5.11 Å². The van der Waals surface area contributed by atoms with Crippen molar-refractivity contribution in [3.05, 3.63) is 62.1 Å². The summed E-state index contributed by atoms with van der Waals surface area (Å²) in [5.41, 5.74) is 0.337. The second-order valence-corrected chi connectivity index (χ2v) is 7.32. The standard InChI is InChI=1S/C17H9BrCl2N2O3S/c18-9-4-5-13(23)8(6-9)7-10-15(24)21-17(26)22(16(10)25)12-3-1-2-11(19)14(12)20/h1-7,23H,(H,21,24,26)/b10-7+. The number of aromatic hydroxyl groups is 1. The number of anilines is 1. The van der Waals surface area contributed by atoms with Crippen LogP contribution >= 0.6 is 51.3 Å². The minimum Gasteiger partial charge on any atom is -0.507 e. The van der Waals surface area contributed by atoms with E-state index in [1.54, 1.807) is 30.3 Å². The maximum atomic E-state index is 12.9. The van der Waals surface area contributed by atoms with E-state index in [2.05, 4.69) is 21.2 Å². The first kappa shape index (κ1) is 18.8. The van der Waals surface area contributed by atoms with Gasteiger partial charge in [0.05, 0.1) is 15.7 Å². The van der Waals surface area contributed by atoms with E-state index in [1.807, 2.05) is 0 Å². The summed E-state index contributed by atoms with van der Waals surface area (Å²) in [7, 11) is 0. The quantitative estimate of drug-likeness (QED) is 0.389. The number of halogens is 3. The second kappa shape index (κ2) is 7.36. The summed E-state index contributed by atoms with van der Waals surface area (Å²) in [6, 6.07) is 9.39. The summed E-state index contributed by atoms with van der Waals surface area (Å²) in [6.07, 6.45) is 1.28. The first-order chi connectivity index (χ1) is 12.3. The molecule has 132 valence electrons. The molecule has 0 spiro atoms. The van der Waals surface area contributed by atoms with E-state index in [0.717, 1.165) is 4.90 Å². The van der Waals surface area contributed by atoms with Crippen LogP contribution in [0.4, 0.5) is 5.69 Å². The minimum absolute atomic E-state index is 0.0817. The monoisotopic (exact) mass is 470 g/mol. The summed E-state index contributed by atoms with van der Waals surface area (Å²) in [5, 5.41) is 12.7. The molecular weight excluding hydrogens is 463 g/mol.